The van der Waals surface area contributed by atoms with E-state index < -0.39 is 39.6 Å². The molecule has 0 aliphatic carbocycles. The predicted molar refractivity (Wildman–Crippen MR) is 117 cm³/mol. The first kappa shape index (κ1) is 24.6. The number of alkyl halides is 3. The molecule has 3 N–H and O–H groups in total. The summed E-state index contributed by atoms with van der Waals surface area (Å²) in [6.45, 7) is 0.763. The van der Waals surface area contributed by atoms with Crippen LogP contribution in [0.25, 0.3) is 11.1 Å². The minimum Gasteiger partial charge on any atom is -0.386 e. The van der Waals surface area contributed by atoms with Gasteiger partial charge in [0.05, 0.1) is 12.3 Å². The molecular formula is C20H23Cl2FN2O4S. The standard InChI is InChI=1S/C20H23Cl2FN2O4S/c1-12(25-30(2,28)29)13-3-5-14(6-4-13)15-7-9-16(10-8-15)18(26)17(11-23)24-20(27)19(21)22/h3-10,12,17-19,25-26H,11H2,1-2H3,(H,24,27)/t12-,17-,18+/m1/s1. The largest absolute Gasteiger partial charge is 0.386 e. The Labute approximate surface area is 185 Å². The normalized spacial score (nSPS) is 14.9. The first-order chi connectivity index (χ1) is 14.0. The molecule has 0 heterocycles. The molecule has 0 aromatic heterocycles. The number of amides is 1. The van der Waals surface area contributed by atoms with Gasteiger partial charge in [-0.3, -0.25) is 4.79 Å². The molecule has 0 unspecified atom stereocenters. The summed E-state index contributed by atoms with van der Waals surface area (Å²) in [5.74, 6) is -0.781. The van der Waals surface area contributed by atoms with E-state index in [0.717, 1.165) is 22.9 Å². The Balaban J connectivity index is 2.12. The number of hydrogen-bond donors (Lipinski definition) is 3. The van der Waals surface area contributed by atoms with Crippen LogP contribution in [0.15, 0.2) is 48.5 Å². The molecule has 0 spiro atoms. The fourth-order valence-electron chi connectivity index (χ4n) is 2.91. The van der Waals surface area contributed by atoms with Crippen molar-refractivity contribution in [3.8, 4) is 11.1 Å². The SMILES string of the molecule is C[C@@H](NS(C)(=O)=O)c1ccc(-c2ccc([C@H](O)[C@@H](CF)NC(=O)C(Cl)Cl)cc2)cc1. The van der Waals surface area contributed by atoms with Gasteiger partial charge in [-0.2, -0.15) is 0 Å². The second-order valence-corrected chi connectivity index (χ2v) is 9.75. The van der Waals surface area contributed by atoms with E-state index in [2.05, 4.69) is 10.0 Å². The van der Waals surface area contributed by atoms with Crippen LogP contribution in [0.2, 0.25) is 0 Å². The molecule has 0 saturated heterocycles. The monoisotopic (exact) mass is 476 g/mol. The average Bonchev–Trinajstić information content (AvgIpc) is 2.70. The van der Waals surface area contributed by atoms with Crippen LogP contribution >= 0.6 is 23.2 Å². The zero-order chi connectivity index (χ0) is 22.5. The van der Waals surface area contributed by atoms with Crippen molar-refractivity contribution in [2.75, 3.05) is 12.9 Å². The van der Waals surface area contributed by atoms with E-state index in [9.17, 15) is 22.7 Å². The maximum atomic E-state index is 13.3. The van der Waals surface area contributed by atoms with Gasteiger partial charge in [-0.05, 0) is 29.2 Å². The van der Waals surface area contributed by atoms with Crippen LogP contribution < -0.4 is 10.0 Å². The van der Waals surface area contributed by atoms with E-state index in [4.69, 9.17) is 23.2 Å². The first-order valence-corrected chi connectivity index (χ1v) is 11.8. The minimum absolute atomic E-state index is 0.361. The second-order valence-electron chi connectivity index (χ2n) is 6.87. The lowest BCUT2D eigenvalue weighted by Gasteiger charge is -2.22. The lowest BCUT2D eigenvalue weighted by atomic mass is 9.97. The number of nitrogens with one attached hydrogen (secondary N) is 2. The lowest BCUT2D eigenvalue weighted by molar-refractivity contribution is -0.121. The average molecular weight is 477 g/mol. The molecule has 0 saturated carbocycles. The van der Waals surface area contributed by atoms with Crippen LogP contribution in [0.5, 0.6) is 0 Å². The second kappa shape index (κ2) is 10.5. The molecule has 2 aromatic carbocycles. The smallest absolute Gasteiger partial charge is 0.253 e. The molecule has 2 rings (SSSR count). The summed E-state index contributed by atoms with van der Waals surface area (Å²) in [6, 6.07) is 12.6. The third kappa shape index (κ3) is 6.92. The zero-order valence-corrected chi connectivity index (χ0v) is 18.7. The van der Waals surface area contributed by atoms with Gasteiger partial charge in [0.25, 0.3) is 5.91 Å². The number of carbonyl (C=O) groups is 1. The highest BCUT2D eigenvalue weighted by Crippen LogP contribution is 2.25. The van der Waals surface area contributed by atoms with Gasteiger partial charge in [0, 0.05) is 6.04 Å². The maximum Gasteiger partial charge on any atom is 0.253 e. The molecule has 10 heteroatoms. The van der Waals surface area contributed by atoms with Crippen LogP contribution in [0.3, 0.4) is 0 Å². The van der Waals surface area contributed by atoms with Gasteiger partial charge in [-0.15, -0.1) is 0 Å². The molecule has 0 radical (unpaired) electrons. The Morgan fingerprint density at radius 2 is 1.50 bits per heavy atom. The van der Waals surface area contributed by atoms with Gasteiger partial charge >= 0.3 is 0 Å². The van der Waals surface area contributed by atoms with Crippen molar-refractivity contribution >= 4 is 39.1 Å². The molecule has 3 atom stereocenters. The van der Waals surface area contributed by atoms with Gasteiger partial charge in [0.2, 0.25) is 10.0 Å². The van der Waals surface area contributed by atoms with Crippen LogP contribution in [-0.4, -0.2) is 43.2 Å². The molecule has 1 amide bonds. The van der Waals surface area contributed by atoms with Crippen molar-refractivity contribution in [2.45, 2.75) is 29.9 Å². The number of aliphatic hydroxyl groups is 1. The molecule has 164 valence electrons. The van der Waals surface area contributed by atoms with Crippen molar-refractivity contribution in [2.24, 2.45) is 0 Å². The number of hydrogen-bond acceptors (Lipinski definition) is 4. The van der Waals surface area contributed by atoms with E-state index in [-0.39, 0.29) is 6.04 Å². The van der Waals surface area contributed by atoms with Crippen LogP contribution in [0, 0.1) is 0 Å². The van der Waals surface area contributed by atoms with Crippen LogP contribution in [-0.2, 0) is 14.8 Å². The quantitative estimate of drug-likeness (QED) is 0.484. The van der Waals surface area contributed by atoms with E-state index in [1.165, 1.54) is 0 Å². The summed E-state index contributed by atoms with van der Waals surface area (Å²) < 4.78 is 38.5. The third-order valence-electron chi connectivity index (χ3n) is 4.46. The van der Waals surface area contributed by atoms with Crippen molar-refractivity contribution in [3.63, 3.8) is 0 Å². The summed E-state index contributed by atoms with van der Waals surface area (Å²) in [5.41, 5.74) is 2.97. The van der Waals surface area contributed by atoms with Crippen molar-refractivity contribution < 1.29 is 22.7 Å². The summed E-state index contributed by atoms with van der Waals surface area (Å²) in [7, 11) is -3.31. The maximum absolute atomic E-state index is 13.3. The molecule has 30 heavy (non-hydrogen) atoms. The van der Waals surface area contributed by atoms with E-state index >= 15 is 0 Å². The fourth-order valence-corrected chi connectivity index (χ4v) is 3.81. The van der Waals surface area contributed by atoms with Gasteiger partial charge in [-0.1, -0.05) is 71.7 Å². The third-order valence-corrected chi connectivity index (χ3v) is 5.64. The molecule has 6 nitrogen and oxygen atoms in total. The highest BCUT2D eigenvalue weighted by Gasteiger charge is 2.25. The highest BCUT2D eigenvalue weighted by molar-refractivity contribution is 7.88. The summed E-state index contributed by atoms with van der Waals surface area (Å²) in [5, 5.41) is 12.6. The number of sulfonamides is 1. The van der Waals surface area contributed by atoms with Gasteiger partial charge in [0.1, 0.15) is 12.8 Å². The van der Waals surface area contributed by atoms with Crippen molar-refractivity contribution in [3.05, 3.63) is 59.7 Å². The van der Waals surface area contributed by atoms with E-state index in [1.54, 1.807) is 31.2 Å². The fraction of sp³-hybridized carbons (Fsp3) is 0.350. The molecule has 2 aromatic rings. The lowest BCUT2D eigenvalue weighted by Crippen LogP contribution is -2.43. The Hall–Kier alpha value is -1.71. The number of benzene rings is 2. The minimum atomic E-state index is -3.31. The summed E-state index contributed by atoms with van der Waals surface area (Å²) in [6.07, 6.45) is -0.165. The van der Waals surface area contributed by atoms with Crippen molar-refractivity contribution in [1.82, 2.24) is 10.0 Å². The zero-order valence-electron chi connectivity index (χ0n) is 16.3. The van der Waals surface area contributed by atoms with Crippen LogP contribution in [0.4, 0.5) is 4.39 Å². The number of aliphatic hydroxyl groups excluding tert-OH is 1. The highest BCUT2D eigenvalue weighted by atomic mass is 35.5. The number of carbonyl (C=O) groups excluding carboxylic acids is 1. The molecular weight excluding hydrogens is 454 g/mol. The number of halogens is 3. The van der Waals surface area contributed by atoms with Gasteiger partial charge in [0.15, 0.2) is 4.84 Å². The molecule has 0 fully saturated rings. The Kier molecular flexibility index (Phi) is 8.63. The Bertz CT molecular complexity index is 954. The van der Waals surface area contributed by atoms with E-state index in [0.29, 0.717) is 5.56 Å². The Morgan fingerprint density at radius 3 is 1.90 bits per heavy atom. The van der Waals surface area contributed by atoms with E-state index in [1.807, 2.05) is 24.3 Å². The molecule has 0 bridgehead atoms. The summed E-state index contributed by atoms with van der Waals surface area (Å²) in [4.78, 5) is 10.2. The Morgan fingerprint density at radius 1 is 1.03 bits per heavy atom. The molecule has 0 aliphatic heterocycles. The topological polar surface area (TPSA) is 95.5 Å². The number of rotatable bonds is 9. The van der Waals surface area contributed by atoms with Crippen molar-refractivity contribution in [1.29, 1.82) is 0 Å². The summed E-state index contributed by atoms with van der Waals surface area (Å²) >= 11 is 10.9. The van der Waals surface area contributed by atoms with Crippen LogP contribution in [0.1, 0.15) is 30.2 Å². The first-order valence-electron chi connectivity index (χ1n) is 9.02. The van der Waals surface area contributed by atoms with Gasteiger partial charge in [-0.25, -0.2) is 17.5 Å². The van der Waals surface area contributed by atoms with Gasteiger partial charge < -0.3 is 10.4 Å². The molecule has 0 aliphatic rings. The predicted octanol–water partition coefficient (Wildman–Crippen LogP) is 3.26.